The molecule has 1 heterocycles. The second kappa shape index (κ2) is 3.46. The smallest absolute Gasteiger partial charge is 0.129 e. The molecule has 0 aliphatic heterocycles. The predicted octanol–water partition coefficient (Wildman–Crippen LogP) is 3.21. The lowest BCUT2D eigenvalue weighted by Gasteiger charge is -2.04. The highest BCUT2D eigenvalue weighted by Gasteiger charge is 2.02. The number of halogens is 1. The maximum Gasteiger partial charge on any atom is 0.129 e. The molecule has 2 nitrogen and oxygen atoms in total. The minimum atomic E-state index is 0.517. The number of hydrogen-bond donors (Lipinski definition) is 0. The fraction of sp³-hybridized carbons (Fsp3) is 0.182. The number of rotatable bonds is 1. The highest BCUT2D eigenvalue weighted by molar-refractivity contribution is 6.30. The SMILES string of the molecule is COc1ccc2c(C)nc(Cl)cc2c1. The van der Waals surface area contributed by atoms with Crippen LogP contribution in [0.25, 0.3) is 10.8 Å². The van der Waals surface area contributed by atoms with E-state index in [1.165, 1.54) is 0 Å². The van der Waals surface area contributed by atoms with Crippen molar-refractivity contribution in [2.45, 2.75) is 6.92 Å². The number of aromatic nitrogens is 1. The number of aryl methyl sites for hydroxylation is 1. The van der Waals surface area contributed by atoms with Gasteiger partial charge in [-0.3, -0.25) is 0 Å². The molecule has 0 amide bonds. The van der Waals surface area contributed by atoms with Gasteiger partial charge in [0.2, 0.25) is 0 Å². The number of nitrogens with zero attached hydrogens (tertiary/aromatic N) is 1. The van der Waals surface area contributed by atoms with E-state index >= 15 is 0 Å². The Kier molecular flexibility index (Phi) is 2.30. The average molecular weight is 208 g/mol. The second-order valence-corrected chi connectivity index (χ2v) is 3.50. The van der Waals surface area contributed by atoms with Crippen molar-refractivity contribution >= 4 is 22.4 Å². The summed E-state index contributed by atoms with van der Waals surface area (Å²) < 4.78 is 5.14. The van der Waals surface area contributed by atoms with Crippen LogP contribution in [0, 0.1) is 6.92 Å². The van der Waals surface area contributed by atoms with Gasteiger partial charge in [-0.15, -0.1) is 0 Å². The number of pyridine rings is 1. The highest BCUT2D eigenvalue weighted by atomic mass is 35.5. The Morgan fingerprint density at radius 3 is 2.79 bits per heavy atom. The van der Waals surface area contributed by atoms with Gasteiger partial charge in [-0.05, 0) is 36.6 Å². The number of benzene rings is 1. The van der Waals surface area contributed by atoms with Crippen LogP contribution in [-0.2, 0) is 0 Å². The molecule has 0 aliphatic carbocycles. The van der Waals surface area contributed by atoms with E-state index in [1.807, 2.05) is 31.2 Å². The zero-order valence-corrected chi connectivity index (χ0v) is 8.80. The van der Waals surface area contributed by atoms with Crippen molar-refractivity contribution in [2.75, 3.05) is 7.11 Å². The van der Waals surface area contributed by atoms with Crippen LogP contribution in [0.5, 0.6) is 5.75 Å². The van der Waals surface area contributed by atoms with Gasteiger partial charge in [0.25, 0.3) is 0 Å². The summed E-state index contributed by atoms with van der Waals surface area (Å²) in [6.45, 7) is 1.95. The van der Waals surface area contributed by atoms with E-state index in [0.717, 1.165) is 22.2 Å². The lowest BCUT2D eigenvalue weighted by atomic mass is 10.1. The van der Waals surface area contributed by atoms with Gasteiger partial charge in [-0.2, -0.15) is 0 Å². The molecule has 1 aromatic carbocycles. The van der Waals surface area contributed by atoms with Crippen molar-refractivity contribution in [1.82, 2.24) is 4.98 Å². The summed E-state index contributed by atoms with van der Waals surface area (Å²) in [5, 5.41) is 2.68. The topological polar surface area (TPSA) is 22.1 Å². The fourth-order valence-corrected chi connectivity index (χ4v) is 1.74. The molecule has 0 radical (unpaired) electrons. The standard InChI is InChI=1S/C11H10ClNO/c1-7-10-4-3-9(14-2)5-8(10)6-11(12)13-7/h3-6H,1-2H3. The minimum Gasteiger partial charge on any atom is -0.497 e. The van der Waals surface area contributed by atoms with Gasteiger partial charge in [-0.25, -0.2) is 4.98 Å². The summed E-state index contributed by atoms with van der Waals surface area (Å²) in [7, 11) is 1.65. The first kappa shape index (κ1) is 9.28. The van der Waals surface area contributed by atoms with E-state index in [-0.39, 0.29) is 0 Å². The molecule has 0 bridgehead atoms. The molecule has 0 fully saturated rings. The van der Waals surface area contributed by atoms with Crippen molar-refractivity contribution in [1.29, 1.82) is 0 Å². The summed E-state index contributed by atoms with van der Waals surface area (Å²) >= 11 is 5.87. The van der Waals surface area contributed by atoms with E-state index in [4.69, 9.17) is 16.3 Å². The third-order valence-electron chi connectivity index (χ3n) is 2.20. The predicted molar refractivity (Wildman–Crippen MR) is 58.0 cm³/mol. The molecular formula is C11H10ClNO. The molecule has 3 heteroatoms. The van der Waals surface area contributed by atoms with Crippen LogP contribution in [0.3, 0.4) is 0 Å². The number of ether oxygens (including phenoxy) is 1. The van der Waals surface area contributed by atoms with E-state index in [0.29, 0.717) is 5.15 Å². The normalized spacial score (nSPS) is 10.5. The van der Waals surface area contributed by atoms with Gasteiger partial charge < -0.3 is 4.74 Å². The Labute approximate surface area is 87.5 Å². The highest BCUT2D eigenvalue weighted by Crippen LogP contribution is 2.24. The first-order chi connectivity index (χ1) is 6.70. The quantitative estimate of drug-likeness (QED) is 0.670. The van der Waals surface area contributed by atoms with E-state index < -0.39 is 0 Å². The van der Waals surface area contributed by atoms with Crippen LogP contribution in [0.2, 0.25) is 5.15 Å². The first-order valence-corrected chi connectivity index (χ1v) is 4.69. The zero-order chi connectivity index (χ0) is 10.1. The summed E-state index contributed by atoms with van der Waals surface area (Å²) in [6, 6.07) is 7.71. The molecule has 0 N–H and O–H groups in total. The van der Waals surface area contributed by atoms with Crippen molar-refractivity contribution in [3.05, 3.63) is 35.1 Å². The van der Waals surface area contributed by atoms with Crippen molar-refractivity contribution in [2.24, 2.45) is 0 Å². The van der Waals surface area contributed by atoms with Gasteiger partial charge in [0.05, 0.1) is 7.11 Å². The van der Waals surface area contributed by atoms with Gasteiger partial charge in [0.15, 0.2) is 0 Å². The molecule has 14 heavy (non-hydrogen) atoms. The zero-order valence-electron chi connectivity index (χ0n) is 8.04. The van der Waals surface area contributed by atoms with E-state index in [2.05, 4.69) is 4.98 Å². The molecule has 2 aromatic rings. The number of fused-ring (bicyclic) bond motifs is 1. The lowest BCUT2D eigenvalue weighted by Crippen LogP contribution is -1.87. The Morgan fingerprint density at radius 1 is 1.29 bits per heavy atom. The Balaban J connectivity index is 2.75. The second-order valence-electron chi connectivity index (χ2n) is 3.12. The molecule has 0 spiro atoms. The van der Waals surface area contributed by atoms with Crippen LogP contribution >= 0.6 is 11.6 Å². The summed E-state index contributed by atoms with van der Waals surface area (Å²) in [5.74, 6) is 0.833. The Morgan fingerprint density at radius 2 is 2.07 bits per heavy atom. The van der Waals surface area contributed by atoms with Crippen LogP contribution < -0.4 is 4.74 Å². The van der Waals surface area contributed by atoms with Crippen molar-refractivity contribution < 1.29 is 4.74 Å². The monoisotopic (exact) mass is 207 g/mol. The van der Waals surface area contributed by atoms with Crippen LogP contribution in [0.1, 0.15) is 5.69 Å². The molecule has 72 valence electrons. The lowest BCUT2D eigenvalue weighted by molar-refractivity contribution is 0.415. The number of methoxy groups -OCH3 is 1. The molecule has 0 unspecified atom stereocenters. The minimum absolute atomic E-state index is 0.517. The summed E-state index contributed by atoms with van der Waals surface area (Å²) in [5.41, 5.74) is 0.940. The van der Waals surface area contributed by atoms with Gasteiger partial charge in [-0.1, -0.05) is 11.6 Å². The fourth-order valence-electron chi connectivity index (χ4n) is 1.50. The molecule has 0 atom stereocenters. The first-order valence-electron chi connectivity index (χ1n) is 4.31. The largest absolute Gasteiger partial charge is 0.497 e. The molecule has 0 saturated heterocycles. The maximum atomic E-state index is 5.87. The Bertz CT molecular complexity index is 482. The van der Waals surface area contributed by atoms with Crippen LogP contribution in [0.4, 0.5) is 0 Å². The summed E-state index contributed by atoms with van der Waals surface area (Å²) in [4.78, 5) is 4.18. The van der Waals surface area contributed by atoms with Gasteiger partial charge in [0.1, 0.15) is 10.9 Å². The van der Waals surface area contributed by atoms with E-state index in [9.17, 15) is 0 Å². The maximum absolute atomic E-state index is 5.87. The van der Waals surface area contributed by atoms with Gasteiger partial charge in [0, 0.05) is 11.1 Å². The average Bonchev–Trinajstić information content (AvgIpc) is 2.16. The third-order valence-corrected chi connectivity index (χ3v) is 2.39. The van der Waals surface area contributed by atoms with Crippen LogP contribution in [0.15, 0.2) is 24.3 Å². The summed E-state index contributed by atoms with van der Waals surface area (Å²) in [6.07, 6.45) is 0. The molecule has 1 aromatic heterocycles. The van der Waals surface area contributed by atoms with Gasteiger partial charge >= 0.3 is 0 Å². The molecule has 0 aliphatic rings. The van der Waals surface area contributed by atoms with E-state index in [1.54, 1.807) is 7.11 Å². The van der Waals surface area contributed by atoms with Crippen molar-refractivity contribution in [3.63, 3.8) is 0 Å². The van der Waals surface area contributed by atoms with Crippen molar-refractivity contribution in [3.8, 4) is 5.75 Å². The molecule has 0 saturated carbocycles. The molecule has 2 rings (SSSR count). The third kappa shape index (κ3) is 1.53. The van der Waals surface area contributed by atoms with Crippen LogP contribution in [-0.4, -0.2) is 12.1 Å². The molecular weight excluding hydrogens is 198 g/mol. The Hall–Kier alpha value is -1.28. The number of hydrogen-bond acceptors (Lipinski definition) is 2.